The fraction of sp³-hybridized carbons (Fsp3) is 0.350. The first-order valence-corrected chi connectivity index (χ1v) is 11.5. The number of methoxy groups -OCH3 is 2. The van der Waals surface area contributed by atoms with Gasteiger partial charge in [-0.1, -0.05) is 30.3 Å². The van der Waals surface area contributed by atoms with Crippen LogP contribution < -0.4 is 9.47 Å². The van der Waals surface area contributed by atoms with E-state index < -0.39 is 10.0 Å². The molecular formula is C20H23BrN2O5S. The molecule has 7 nitrogen and oxygen atoms in total. The topological polar surface area (TPSA) is 76.2 Å². The summed E-state index contributed by atoms with van der Waals surface area (Å²) in [4.78, 5) is 14.6. The van der Waals surface area contributed by atoms with Gasteiger partial charge in [0.15, 0.2) is 0 Å². The van der Waals surface area contributed by atoms with Crippen molar-refractivity contribution < 1.29 is 22.7 Å². The smallest absolute Gasteiger partial charge is 0.254 e. The van der Waals surface area contributed by atoms with Crippen LogP contribution in [0, 0.1) is 0 Å². The summed E-state index contributed by atoms with van der Waals surface area (Å²) in [5.41, 5.74) is 1.18. The van der Waals surface area contributed by atoms with E-state index >= 15 is 0 Å². The zero-order valence-corrected chi connectivity index (χ0v) is 18.7. The number of ether oxygens (including phenoxy) is 2. The molecule has 9 heteroatoms. The van der Waals surface area contributed by atoms with Crippen LogP contribution in [-0.2, 0) is 15.8 Å². The molecule has 156 valence electrons. The van der Waals surface area contributed by atoms with Gasteiger partial charge in [-0.05, 0) is 33.6 Å². The molecule has 1 aliphatic heterocycles. The van der Waals surface area contributed by atoms with Gasteiger partial charge >= 0.3 is 0 Å². The zero-order chi connectivity index (χ0) is 21.0. The number of hydrogen-bond acceptors (Lipinski definition) is 5. The Morgan fingerprint density at radius 3 is 2.07 bits per heavy atom. The first-order valence-electron chi connectivity index (χ1n) is 9.08. The van der Waals surface area contributed by atoms with Gasteiger partial charge in [-0.15, -0.1) is 0 Å². The van der Waals surface area contributed by atoms with Gasteiger partial charge in [0.1, 0.15) is 16.0 Å². The van der Waals surface area contributed by atoms with Gasteiger partial charge in [-0.2, -0.15) is 4.31 Å². The van der Waals surface area contributed by atoms with Crippen molar-refractivity contribution in [2.75, 3.05) is 40.4 Å². The number of benzene rings is 2. The predicted molar refractivity (Wildman–Crippen MR) is 114 cm³/mol. The second kappa shape index (κ2) is 9.15. The van der Waals surface area contributed by atoms with Gasteiger partial charge in [-0.3, -0.25) is 4.79 Å². The van der Waals surface area contributed by atoms with Crippen LogP contribution >= 0.6 is 15.9 Å². The van der Waals surface area contributed by atoms with Crippen molar-refractivity contribution in [3.63, 3.8) is 0 Å². The molecule has 0 saturated carbocycles. The first-order chi connectivity index (χ1) is 13.9. The third-order valence-corrected chi connectivity index (χ3v) is 7.44. The van der Waals surface area contributed by atoms with Gasteiger partial charge in [-0.25, -0.2) is 8.42 Å². The molecule has 0 atom stereocenters. The normalized spacial score (nSPS) is 15.2. The molecule has 2 aromatic carbocycles. The van der Waals surface area contributed by atoms with E-state index in [2.05, 4.69) is 15.9 Å². The summed E-state index contributed by atoms with van der Waals surface area (Å²) in [7, 11) is -0.392. The van der Waals surface area contributed by atoms with Crippen molar-refractivity contribution in [1.29, 1.82) is 0 Å². The van der Waals surface area contributed by atoms with Gasteiger partial charge in [0.2, 0.25) is 10.0 Å². The summed E-state index contributed by atoms with van der Waals surface area (Å²) >= 11 is 3.39. The van der Waals surface area contributed by atoms with E-state index in [1.54, 1.807) is 29.2 Å². The van der Waals surface area contributed by atoms with Crippen molar-refractivity contribution >= 4 is 31.9 Å². The average Bonchev–Trinajstić information content (AvgIpc) is 2.74. The Balaban J connectivity index is 1.68. The number of sulfonamides is 1. The van der Waals surface area contributed by atoms with Crippen LogP contribution in [0.2, 0.25) is 0 Å². The molecule has 0 bridgehead atoms. The molecule has 1 amide bonds. The Hall–Kier alpha value is -2.10. The van der Waals surface area contributed by atoms with Crippen LogP contribution in [0.25, 0.3) is 0 Å². The Labute approximate surface area is 179 Å². The van der Waals surface area contributed by atoms with Crippen molar-refractivity contribution in [3.8, 4) is 11.5 Å². The molecule has 1 fully saturated rings. The number of hydrogen-bond donors (Lipinski definition) is 0. The maximum Gasteiger partial charge on any atom is 0.254 e. The first kappa shape index (κ1) is 21.6. The summed E-state index contributed by atoms with van der Waals surface area (Å²) in [5.74, 6) is 0.769. The lowest BCUT2D eigenvalue weighted by molar-refractivity contribution is 0.0697. The van der Waals surface area contributed by atoms with Crippen LogP contribution in [0.15, 0.2) is 46.9 Å². The van der Waals surface area contributed by atoms with Gasteiger partial charge in [0, 0.05) is 31.7 Å². The quantitative estimate of drug-likeness (QED) is 0.632. The molecule has 1 saturated heterocycles. The van der Waals surface area contributed by atoms with E-state index in [0.29, 0.717) is 34.6 Å². The lowest BCUT2D eigenvalue weighted by atomic mass is 10.1. The van der Waals surface area contributed by atoms with Crippen LogP contribution in [0.1, 0.15) is 15.9 Å². The summed E-state index contributed by atoms with van der Waals surface area (Å²) < 4.78 is 38.1. The number of carbonyl (C=O) groups is 1. The number of halogens is 1. The van der Waals surface area contributed by atoms with Gasteiger partial charge in [0.05, 0.1) is 20.0 Å². The summed E-state index contributed by atoms with van der Waals surface area (Å²) in [6.45, 7) is 1.19. The lowest BCUT2D eigenvalue weighted by Crippen LogP contribution is -2.50. The molecule has 0 aliphatic carbocycles. The predicted octanol–water partition coefficient (Wildman–Crippen LogP) is 2.75. The van der Waals surface area contributed by atoms with Crippen LogP contribution in [0.5, 0.6) is 11.5 Å². The van der Waals surface area contributed by atoms with E-state index in [9.17, 15) is 13.2 Å². The number of rotatable bonds is 6. The Morgan fingerprint density at radius 2 is 1.55 bits per heavy atom. The Morgan fingerprint density at radius 1 is 1.00 bits per heavy atom. The van der Waals surface area contributed by atoms with Gasteiger partial charge in [0.25, 0.3) is 5.91 Å². The molecule has 2 aromatic rings. The molecular weight excluding hydrogens is 460 g/mol. The third kappa shape index (κ3) is 4.91. The minimum Gasteiger partial charge on any atom is -0.495 e. The fourth-order valence-corrected chi connectivity index (χ4v) is 5.29. The lowest BCUT2D eigenvalue weighted by Gasteiger charge is -2.34. The summed E-state index contributed by atoms with van der Waals surface area (Å²) in [6.07, 6.45) is 0. The monoisotopic (exact) mass is 482 g/mol. The molecule has 0 spiro atoms. The summed E-state index contributed by atoms with van der Waals surface area (Å²) in [6, 6.07) is 12.4. The van der Waals surface area contributed by atoms with Crippen LogP contribution in [0.3, 0.4) is 0 Å². The SMILES string of the molecule is COc1cc(C(=O)N2CCN(S(=O)(=O)Cc3ccccc3)CC2)cc(OC)c1Br. The largest absolute Gasteiger partial charge is 0.495 e. The minimum atomic E-state index is -3.43. The van der Waals surface area contributed by atoms with Crippen LogP contribution in [0.4, 0.5) is 0 Å². The maximum absolute atomic E-state index is 12.9. The second-order valence-electron chi connectivity index (χ2n) is 6.63. The van der Waals surface area contributed by atoms with Crippen molar-refractivity contribution in [2.45, 2.75) is 5.75 Å². The van der Waals surface area contributed by atoms with E-state index in [4.69, 9.17) is 9.47 Å². The van der Waals surface area contributed by atoms with Crippen molar-refractivity contribution in [2.24, 2.45) is 0 Å². The van der Waals surface area contributed by atoms with E-state index in [0.717, 1.165) is 5.56 Å². The molecule has 3 rings (SSSR count). The highest BCUT2D eigenvalue weighted by atomic mass is 79.9. The van der Waals surface area contributed by atoms with Gasteiger partial charge < -0.3 is 14.4 Å². The fourth-order valence-electron chi connectivity index (χ4n) is 3.22. The van der Waals surface area contributed by atoms with E-state index in [1.165, 1.54) is 18.5 Å². The molecule has 0 N–H and O–H groups in total. The zero-order valence-electron chi connectivity index (χ0n) is 16.3. The molecule has 1 aliphatic rings. The number of piperazine rings is 1. The maximum atomic E-state index is 12.9. The molecule has 0 unspecified atom stereocenters. The highest BCUT2D eigenvalue weighted by molar-refractivity contribution is 9.10. The van der Waals surface area contributed by atoms with E-state index in [1.807, 2.05) is 18.2 Å². The van der Waals surface area contributed by atoms with Crippen molar-refractivity contribution in [1.82, 2.24) is 9.21 Å². The third-order valence-electron chi connectivity index (χ3n) is 4.80. The summed E-state index contributed by atoms with van der Waals surface area (Å²) in [5, 5.41) is 0. The van der Waals surface area contributed by atoms with Crippen molar-refractivity contribution in [3.05, 3.63) is 58.1 Å². The van der Waals surface area contributed by atoms with Crippen LogP contribution in [-0.4, -0.2) is 63.9 Å². The average molecular weight is 483 g/mol. The Bertz CT molecular complexity index is 949. The number of nitrogens with zero attached hydrogens (tertiary/aromatic N) is 2. The molecule has 1 heterocycles. The number of amides is 1. The second-order valence-corrected chi connectivity index (χ2v) is 9.39. The molecule has 0 radical (unpaired) electrons. The Kier molecular flexibility index (Phi) is 6.81. The molecule has 0 aromatic heterocycles. The number of carbonyl (C=O) groups excluding carboxylic acids is 1. The standard InChI is InChI=1S/C20H23BrN2O5S/c1-27-17-12-16(13-18(28-2)19(17)21)20(24)22-8-10-23(11-9-22)29(25,26)14-15-6-4-3-5-7-15/h3-7,12-13H,8-11,14H2,1-2H3. The van der Waals surface area contributed by atoms with E-state index in [-0.39, 0.29) is 24.7 Å². The highest BCUT2D eigenvalue weighted by Crippen LogP contribution is 2.36. The minimum absolute atomic E-state index is 0.0388. The molecule has 29 heavy (non-hydrogen) atoms. The highest BCUT2D eigenvalue weighted by Gasteiger charge is 2.30.